The van der Waals surface area contributed by atoms with Crippen molar-refractivity contribution in [1.82, 2.24) is 4.90 Å². The van der Waals surface area contributed by atoms with Crippen molar-refractivity contribution in [1.29, 1.82) is 0 Å². The van der Waals surface area contributed by atoms with Gasteiger partial charge in [-0.25, -0.2) is 0 Å². The van der Waals surface area contributed by atoms with E-state index in [0.29, 0.717) is 5.56 Å². The molecule has 0 spiro atoms. The van der Waals surface area contributed by atoms with Gasteiger partial charge in [-0.05, 0) is 43.3 Å². The topological polar surface area (TPSA) is 53.6 Å². The summed E-state index contributed by atoms with van der Waals surface area (Å²) in [4.78, 5) is 14.6. The largest absolute Gasteiger partial charge is 0.384 e. The number of anilines is 2. The van der Waals surface area contributed by atoms with E-state index >= 15 is 0 Å². The number of carbonyl (C=O) groups is 1. The number of hydrogen-bond donors (Lipinski definition) is 2. The van der Waals surface area contributed by atoms with Crippen molar-refractivity contribution in [3.8, 4) is 0 Å². The van der Waals surface area contributed by atoms with Crippen LogP contribution in [0.4, 0.5) is 11.4 Å². The number of benzene rings is 2. The Hall–Kier alpha value is -2.37. The second-order valence-electron chi connectivity index (χ2n) is 6.28. The Morgan fingerprint density at radius 3 is 2.32 bits per heavy atom. The molecule has 1 amide bonds. The summed E-state index contributed by atoms with van der Waals surface area (Å²) < 4.78 is 5.35. The highest BCUT2D eigenvalue weighted by Gasteiger charge is 2.09. The van der Waals surface area contributed by atoms with E-state index in [9.17, 15) is 4.79 Å². The van der Waals surface area contributed by atoms with Crippen LogP contribution in [0.15, 0.2) is 48.5 Å². The molecule has 0 radical (unpaired) electrons. The van der Waals surface area contributed by atoms with Crippen molar-refractivity contribution in [3.63, 3.8) is 0 Å². The normalized spacial score (nSPS) is 14.9. The predicted octanol–water partition coefficient (Wildman–Crippen LogP) is 2.99. The minimum Gasteiger partial charge on any atom is -0.384 e. The average molecular weight is 339 g/mol. The maximum absolute atomic E-state index is 12.2. The molecule has 0 aromatic heterocycles. The van der Waals surface area contributed by atoms with E-state index in [1.54, 1.807) is 0 Å². The van der Waals surface area contributed by atoms with Gasteiger partial charge in [-0.15, -0.1) is 0 Å². The van der Waals surface area contributed by atoms with Gasteiger partial charge in [0.2, 0.25) is 0 Å². The fourth-order valence-electron chi connectivity index (χ4n) is 2.76. The summed E-state index contributed by atoms with van der Waals surface area (Å²) in [6, 6.07) is 15.4. The fraction of sp³-hybridized carbons (Fsp3) is 0.350. The number of nitrogens with zero attached hydrogens (tertiary/aromatic N) is 1. The van der Waals surface area contributed by atoms with Gasteiger partial charge in [0.25, 0.3) is 5.91 Å². The van der Waals surface area contributed by atoms with Crippen molar-refractivity contribution >= 4 is 17.3 Å². The molecule has 25 heavy (non-hydrogen) atoms. The van der Waals surface area contributed by atoms with Crippen LogP contribution < -0.4 is 10.6 Å². The molecule has 2 aromatic carbocycles. The predicted molar refractivity (Wildman–Crippen MR) is 101 cm³/mol. The molecule has 1 heterocycles. The van der Waals surface area contributed by atoms with Crippen LogP contribution in [0.5, 0.6) is 0 Å². The molecular weight excluding hydrogens is 314 g/mol. The molecule has 5 nitrogen and oxygen atoms in total. The van der Waals surface area contributed by atoms with Crippen molar-refractivity contribution in [2.45, 2.75) is 6.92 Å². The first kappa shape index (κ1) is 17.5. The van der Waals surface area contributed by atoms with Gasteiger partial charge in [0, 0.05) is 43.1 Å². The minimum atomic E-state index is -0.0898. The van der Waals surface area contributed by atoms with Crippen LogP contribution in [0.2, 0.25) is 0 Å². The van der Waals surface area contributed by atoms with E-state index in [-0.39, 0.29) is 5.91 Å². The van der Waals surface area contributed by atoms with E-state index in [1.807, 2.05) is 55.5 Å². The van der Waals surface area contributed by atoms with Gasteiger partial charge in [-0.1, -0.05) is 17.7 Å². The van der Waals surface area contributed by atoms with E-state index in [2.05, 4.69) is 15.5 Å². The van der Waals surface area contributed by atoms with Crippen molar-refractivity contribution in [2.24, 2.45) is 0 Å². The van der Waals surface area contributed by atoms with Crippen LogP contribution in [0, 0.1) is 6.92 Å². The highest BCUT2D eigenvalue weighted by atomic mass is 16.5. The lowest BCUT2D eigenvalue weighted by Crippen LogP contribution is -2.38. The standard InChI is InChI=1S/C20H25N3O2/c1-16-2-4-17(5-3-16)20(24)22-19-8-6-18(7-9-19)21-10-11-23-12-14-25-15-13-23/h2-9,21H,10-15H2,1H3,(H,22,24). The van der Waals surface area contributed by atoms with Crippen molar-refractivity contribution in [3.05, 3.63) is 59.7 Å². The third-order valence-corrected chi connectivity index (χ3v) is 4.32. The van der Waals surface area contributed by atoms with Crippen LogP contribution in [0.1, 0.15) is 15.9 Å². The molecule has 0 aliphatic carbocycles. The zero-order valence-electron chi connectivity index (χ0n) is 14.6. The van der Waals surface area contributed by atoms with Gasteiger partial charge in [-0.3, -0.25) is 9.69 Å². The molecule has 2 aromatic rings. The van der Waals surface area contributed by atoms with Crippen molar-refractivity contribution in [2.75, 3.05) is 50.0 Å². The fourth-order valence-corrected chi connectivity index (χ4v) is 2.76. The number of hydrogen-bond acceptors (Lipinski definition) is 4. The van der Waals surface area contributed by atoms with Gasteiger partial charge < -0.3 is 15.4 Å². The lowest BCUT2D eigenvalue weighted by molar-refractivity contribution is 0.0398. The quantitative estimate of drug-likeness (QED) is 0.849. The summed E-state index contributed by atoms with van der Waals surface area (Å²) >= 11 is 0. The molecule has 1 aliphatic rings. The molecule has 0 atom stereocenters. The number of amides is 1. The van der Waals surface area contributed by atoms with Crippen LogP contribution >= 0.6 is 0 Å². The van der Waals surface area contributed by atoms with Crippen molar-refractivity contribution < 1.29 is 9.53 Å². The number of rotatable bonds is 6. The second-order valence-corrected chi connectivity index (χ2v) is 6.28. The van der Waals surface area contributed by atoms with Crippen LogP contribution in [0.3, 0.4) is 0 Å². The monoisotopic (exact) mass is 339 g/mol. The molecule has 0 bridgehead atoms. The molecule has 3 rings (SSSR count). The molecule has 1 fully saturated rings. The molecule has 5 heteroatoms. The second kappa shape index (κ2) is 8.65. The molecule has 0 unspecified atom stereocenters. The Balaban J connectivity index is 1.46. The number of carbonyl (C=O) groups excluding carboxylic acids is 1. The molecule has 1 saturated heterocycles. The Labute approximate surface area is 149 Å². The molecule has 0 saturated carbocycles. The third kappa shape index (κ3) is 5.31. The van der Waals surface area contributed by atoms with Crippen LogP contribution in [0.25, 0.3) is 0 Å². The molecule has 132 valence electrons. The molecule has 1 aliphatic heterocycles. The highest BCUT2D eigenvalue weighted by Crippen LogP contribution is 2.15. The molecule has 2 N–H and O–H groups in total. The van der Waals surface area contributed by atoms with Gasteiger partial charge in [0.15, 0.2) is 0 Å². The number of nitrogens with one attached hydrogen (secondary N) is 2. The lowest BCUT2D eigenvalue weighted by Gasteiger charge is -2.26. The van der Waals surface area contributed by atoms with Gasteiger partial charge in [0.1, 0.15) is 0 Å². The van der Waals surface area contributed by atoms with E-state index in [0.717, 1.165) is 56.3 Å². The third-order valence-electron chi connectivity index (χ3n) is 4.32. The van der Waals surface area contributed by atoms with Gasteiger partial charge >= 0.3 is 0 Å². The Morgan fingerprint density at radius 1 is 1.00 bits per heavy atom. The summed E-state index contributed by atoms with van der Waals surface area (Å²) in [7, 11) is 0. The van der Waals surface area contributed by atoms with Crippen LogP contribution in [-0.4, -0.2) is 50.2 Å². The summed E-state index contributed by atoms with van der Waals surface area (Å²) in [5.74, 6) is -0.0898. The summed E-state index contributed by atoms with van der Waals surface area (Å²) in [5, 5.41) is 6.34. The Bertz CT molecular complexity index is 677. The van der Waals surface area contributed by atoms with E-state index < -0.39 is 0 Å². The highest BCUT2D eigenvalue weighted by molar-refractivity contribution is 6.04. The van der Waals surface area contributed by atoms with Gasteiger partial charge in [0.05, 0.1) is 13.2 Å². The Morgan fingerprint density at radius 2 is 1.64 bits per heavy atom. The Kier molecular flexibility index (Phi) is 6.04. The molecular formula is C20H25N3O2. The smallest absolute Gasteiger partial charge is 0.255 e. The summed E-state index contributed by atoms with van der Waals surface area (Å²) in [6.45, 7) is 7.58. The van der Waals surface area contributed by atoms with Crippen LogP contribution in [-0.2, 0) is 4.74 Å². The summed E-state index contributed by atoms with van der Waals surface area (Å²) in [6.07, 6.45) is 0. The number of aryl methyl sites for hydroxylation is 1. The SMILES string of the molecule is Cc1ccc(C(=O)Nc2ccc(NCCN3CCOCC3)cc2)cc1. The maximum Gasteiger partial charge on any atom is 0.255 e. The first-order valence-corrected chi connectivity index (χ1v) is 8.73. The summed E-state index contributed by atoms with van der Waals surface area (Å²) in [5.41, 5.74) is 3.66. The zero-order valence-corrected chi connectivity index (χ0v) is 14.6. The average Bonchev–Trinajstić information content (AvgIpc) is 2.64. The lowest BCUT2D eigenvalue weighted by atomic mass is 10.1. The van der Waals surface area contributed by atoms with E-state index in [1.165, 1.54) is 0 Å². The maximum atomic E-state index is 12.2. The first-order valence-electron chi connectivity index (χ1n) is 8.73. The number of ether oxygens (including phenoxy) is 1. The number of morpholine rings is 1. The van der Waals surface area contributed by atoms with Gasteiger partial charge in [-0.2, -0.15) is 0 Å². The first-order chi connectivity index (χ1) is 12.2. The zero-order chi connectivity index (χ0) is 17.5. The minimum absolute atomic E-state index is 0.0898. The van der Waals surface area contributed by atoms with E-state index in [4.69, 9.17) is 4.74 Å².